The van der Waals surface area contributed by atoms with Gasteiger partial charge >= 0.3 is 0 Å². The summed E-state index contributed by atoms with van der Waals surface area (Å²) in [4.78, 5) is 8.77. The zero-order valence-corrected chi connectivity index (χ0v) is 11.2. The highest BCUT2D eigenvalue weighted by atomic mass is 16.3. The Labute approximate surface area is 103 Å². The fourth-order valence-electron chi connectivity index (χ4n) is 2.17. The highest BCUT2D eigenvalue weighted by molar-refractivity contribution is 5.25. The van der Waals surface area contributed by atoms with Crippen molar-refractivity contribution in [1.29, 1.82) is 0 Å². The van der Waals surface area contributed by atoms with Crippen molar-refractivity contribution in [3.05, 3.63) is 23.8 Å². The number of hydrogen-bond donors (Lipinski definition) is 1. The molecule has 0 spiro atoms. The van der Waals surface area contributed by atoms with Crippen molar-refractivity contribution in [2.75, 3.05) is 0 Å². The molecule has 1 aromatic rings. The molecule has 1 unspecified atom stereocenters. The number of rotatable bonds is 4. The van der Waals surface area contributed by atoms with Crippen LogP contribution in [-0.2, 0) is 12.0 Å². The Morgan fingerprint density at radius 3 is 2.35 bits per heavy atom. The molecule has 1 aliphatic rings. The van der Waals surface area contributed by atoms with Crippen LogP contribution in [0.1, 0.15) is 51.9 Å². The number of nitrogens with zero attached hydrogens (tertiary/aromatic N) is 2. The van der Waals surface area contributed by atoms with Crippen molar-refractivity contribution in [3.63, 3.8) is 0 Å². The summed E-state index contributed by atoms with van der Waals surface area (Å²) < 4.78 is 0. The Kier molecular flexibility index (Phi) is 2.98. The lowest BCUT2D eigenvalue weighted by Crippen LogP contribution is -2.15. The van der Waals surface area contributed by atoms with Crippen molar-refractivity contribution < 1.29 is 5.11 Å². The summed E-state index contributed by atoms with van der Waals surface area (Å²) in [6, 6.07) is 0. The van der Waals surface area contributed by atoms with Gasteiger partial charge in [-0.3, -0.25) is 9.97 Å². The van der Waals surface area contributed by atoms with Crippen LogP contribution in [0.4, 0.5) is 0 Å². The van der Waals surface area contributed by atoms with Crippen molar-refractivity contribution in [1.82, 2.24) is 9.97 Å². The third-order valence-corrected chi connectivity index (χ3v) is 3.80. The minimum Gasteiger partial charge on any atom is -0.383 e. The van der Waals surface area contributed by atoms with Gasteiger partial charge in [-0.2, -0.15) is 0 Å². The van der Waals surface area contributed by atoms with E-state index in [0.29, 0.717) is 5.92 Å². The first-order chi connectivity index (χ1) is 7.85. The average Bonchev–Trinajstić information content (AvgIpc) is 2.77. The molecule has 17 heavy (non-hydrogen) atoms. The van der Waals surface area contributed by atoms with Crippen LogP contribution in [0.25, 0.3) is 0 Å². The van der Waals surface area contributed by atoms with Crippen LogP contribution in [0.2, 0.25) is 0 Å². The van der Waals surface area contributed by atoms with Crippen LogP contribution in [0.15, 0.2) is 12.4 Å². The first kappa shape index (κ1) is 12.5. The van der Waals surface area contributed by atoms with Crippen molar-refractivity contribution in [2.24, 2.45) is 11.3 Å². The lowest BCUT2D eigenvalue weighted by molar-refractivity contribution is 0.103. The molecule has 1 fully saturated rings. The first-order valence-electron chi connectivity index (χ1n) is 6.39. The average molecular weight is 234 g/mol. The molecule has 1 saturated carbocycles. The highest BCUT2D eigenvalue weighted by Crippen LogP contribution is 2.61. The van der Waals surface area contributed by atoms with Gasteiger partial charge in [-0.15, -0.1) is 0 Å². The van der Waals surface area contributed by atoms with Gasteiger partial charge < -0.3 is 5.11 Å². The van der Waals surface area contributed by atoms with Gasteiger partial charge in [-0.1, -0.05) is 27.7 Å². The molecule has 1 aliphatic carbocycles. The summed E-state index contributed by atoms with van der Waals surface area (Å²) in [5.74, 6) is 0.683. The van der Waals surface area contributed by atoms with Gasteiger partial charge in [0.05, 0.1) is 17.6 Å². The molecule has 2 rings (SSSR count). The number of hydrogen-bond acceptors (Lipinski definition) is 3. The van der Waals surface area contributed by atoms with Crippen molar-refractivity contribution in [3.8, 4) is 0 Å². The molecule has 3 heteroatoms. The normalized spacial score (nSPS) is 26.2. The van der Waals surface area contributed by atoms with Crippen molar-refractivity contribution in [2.45, 2.75) is 52.6 Å². The van der Waals surface area contributed by atoms with E-state index in [-0.39, 0.29) is 5.41 Å². The van der Waals surface area contributed by atoms with Crippen LogP contribution >= 0.6 is 0 Å². The van der Waals surface area contributed by atoms with Gasteiger partial charge in [-0.25, -0.2) is 0 Å². The fraction of sp³-hybridized carbons (Fsp3) is 0.714. The molecular formula is C14H22N2O. The van der Waals surface area contributed by atoms with E-state index in [9.17, 15) is 5.11 Å². The molecule has 0 bridgehead atoms. The van der Waals surface area contributed by atoms with Gasteiger partial charge in [0.1, 0.15) is 5.60 Å². The van der Waals surface area contributed by atoms with Gasteiger partial charge in [0.25, 0.3) is 0 Å². The van der Waals surface area contributed by atoms with E-state index >= 15 is 0 Å². The minimum atomic E-state index is -0.753. The van der Waals surface area contributed by atoms with Crippen LogP contribution in [0, 0.1) is 11.3 Å². The van der Waals surface area contributed by atoms with Crippen LogP contribution in [-0.4, -0.2) is 15.1 Å². The zero-order chi connectivity index (χ0) is 12.7. The summed E-state index contributed by atoms with van der Waals surface area (Å²) in [5, 5.41) is 10.3. The molecule has 94 valence electrons. The lowest BCUT2D eigenvalue weighted by Gasteiger charge is -2.13. The van der Waals surface area contributed by atoms with Crippen LogP contribution < -0.4 is 0 Å². The van der Waals surface area contributed by atoms with Gasteiger partial charge in [0.15, 0.2) is 0 Å². The van der Waals surface area contributed by atoms with E-state index in [1.54, 1.807) is 6.20 Å². The largest absolute Gasteiger partial charge is 0.383 e. The predicted molar refractivity (Wildman–Crippen MR) is 67.5 cm³/mol. The van der Waals surface area contributed by atoms with E-state index in [1.165, 1.54) is 0 Å². The number of aryl methyl sites for hydroxylation is 1. The number of aliphatic hydroxyl groups is 1. The maximum atomic E-state index is 10.3. The monoisotopic (exact) mass is 234 g/mol. The highest BCUT2D eigenvalue weighted by Gasteiger charge is 2.62. The Balaban J connectivity index is 2.04. The molecule has 3 nitrogen and oxygen atoms in total. The summed E-state index contributed by atoms with van der Waals surface area (Å²) in [6.07, 6.45) is 6.42. The third kappa shape index (κ3) is 2.34. The molecule has 1 aromatic heterocycles. The van der Waals surface area contributed by atoms with Crippen molar-refractivity contribution >= 4 is 0 Å². The van der Waals surface area contributed by atoms with E-state index in [2.05, 4.69) is 37.7 Å². The van der Waals surface area contributed by atoms with E-state index in [0.717, 1.165) is 30.7 Å². The molecule has 0 aliphatic heterocycles. The molecule has 1 heterocycles. The Hall–Kier alpha value is -0.960. The maximum absolute atomic E-state index is 10.3. The summed E-state index contributed by atoms with van der Waals surface area (Å²) in [6.45, 7) is 8.52. The summed E-state index contributed by atoms with van der Waals surface area (Å²) in [7, 11) is 0. The Morgan fingerprint density at radius 1 is 1.29 bits per heavy atom. The van der Waals surface area contributed by atoms with Crippen LogP contribution in [0.3, 0.4) is 0 Å². The summed E-state index contributed by atoms with van der Waals surface area (Å²) in [5.41, 5.74) is 0.929. The molecule has 1 N–H and O–H groups in total. The zero-order valence-electron chi connectivity index (χ0n) is 11.2. The second kappa shape index (κ2) is 4.05. The molecule has 0 amide bonds. The Morgan fingerprint density at radius 2 is 1.94 bits per heavy atom. The van der Waals surface area contributed by atoms with Gasteiger partial charge in [-0.05, 0) is 25.2 Å². The molecule has 0 aromatic carbocycles. The maximum Gasteiger partial charge on any atom is 0.114 e. The second-order valence-corrected chi connectivity index (χ2v) is 6.25. The smallest absolute Gasteiger partial charge is 0.114 e. The van der Waals surface area contributed by atoms with Crippen LogP contribution in [0.5, 0.6) is 0 Å². The van der Waals surface area contributed by atoms with E-state index in [1.807, 2.05) is 6.20 Å². The van der Waals surface area contributed by atoms with Gasteiger partial charge in [0.2, 0.25) is 0 Å². The van der Waals surface area contributed by atoms with Gasteiger partial charge in [0, 0.05) is 11.6 Å². The number of aromatic nitrogens is 2. The second-order valence-electron chi connectivity index (χ2n) is 6.25. The lowest BCUT2D eigenvalue weighted by atomic mass is 10.0. The first-order valence-corrected chi connectivity index (χ1v) is 6.39. The third-order valence-electron chi connectivity index (χ3n) is 3.80. The minimum absolute atomic E-state index is 0.0544. The summed E-state index contributed by atoms with van der Waals surface area (Å²) >= 11 is 0. The molecular weight excluding hydrogens is 212 g/mol. The predicted octanol–water partition coefficient (Wildman–Crippen LogP) is 2.68. The molecule has 1 atom stereocenters. The molecule has 0 saturated heterocycles. The topological polar surface area (TPSA) is 46.0 Å². The molecule has 0 radical (unpaired) electrons. The van der Waals surface area contributed by atoms with E-state index in [4.69, 9.17) is 0 Å². The SMILES string of the molecule is CC(C)CCc1cnc(C2(O)CC2(C)C)cn1. The fourth-order valence-corrected chi connectivity index (χ4v) is 2.17. The quantitative estimate of drug-likeness (QED) is 0.871. The standard InChI is InChI=1S/C14H22N2O/c1-10(2)5-6-11-7-16-12(8-15-11)14(17)9-13(14,3)4/h7-8,10,17H,5-6,9H2,1-4H3. The Bertz CT molecular complexity index is 397. The van der Waals surface area contributed by atoms with E-state index < -0.39 is 5.60 Å².